The average molecular weight is 413 g/mol. The van der Waals surface area contributed by atoms with Crippen LogP contribution in [-0.4, -0.2) is 38.3 Å². The third-order valence-electron chi connectivity index (χ3n) is 5.35. The molecule has 6 nitrogen and oxygen atoms in total. The highest BCUT2D eigenvalue weighted by Crippen LogP contribution is 2.36. The molecule has 1 unspecified atom stereocenters. The highest BCUT2D eigenvalue weighted by molar-refractivity contribution is 5.73. The van der Waals surface area contributed by atoms with Gasteiger partial charge in [-0.05, 0) is 50.1 Å². The van der Waals surface area contributed by atoms with E-state index in [0.717, 1.165) is 48.0 Å². The molecule has 0 radical (unpaired) electrons. The summed E-state index contributed by atoms with van der Waals surface area (Å²) in [6, 6.07) is 13.9. The Balaban J connectivity index is 1.55. The van der Waals surface area contributed by atoms with E-state index in [1.165, 1.54) is 6.92 Å². The maximum Gasteiger partial charge on any atom is 0.217 e. The summed E-state index contributed by atoms with van der Waals surface area (Å²) in [4.78, 5) is 13.4. The molecule has 2 aromatic rings. The highest BCUT2D eigenvalue weighted by atomic mass is 16.5. The Morgan fingerprint density at radius 2 is 1.80 bits per heavy atom. The minimum absolute atomic E-state index is 0.0181. The van der Waals surface area contributed by atoms with Gasteiger partial charge in [0.2, 0.25) is 5.91 Å². The second kappa shape index (κ2) is 9.74. The molecule has 1 saturated heterocycles. The van der Waals surface area contributed by atoms with Gasteiger partial charge < -0.3 is 24.4 Å². The molecule has 0 saturated carbocycles. The molecular formula is C24H32N2O4. The van der Waals surface area contributed by atoms with Crippen LogP contribution in [0.25, 0.3) is 0 Å². The summed E-state index contributed by atoms with van der Waals surface area (Å²) in [6.07, 6.45) is 1.27. The van der Waals surface area contributed by atoms with E-state index in [0.29, 0.717) is 0 Å². The van der Waals surface area contributed by atoms with Crippen molar-refractivity contribution in [2.75, 3.05) is 25.1 Å². The lowest BCUT2D eigenvalue weighted by Crippen LogP contribution is -2.54. The Labute approximate surface area is 179 Å². The van der Waals surface area contributed by atoms with E-state index >= 15 is 0 Å². The third-order valence-corrected chi connectivity index (χ3v) is 5.35. The van der Waals surface area contributed by atoms with Crippen molar-refractivity contribution in [1.82, 2.24) is 5.32 Å². The van der Waals surface area contributed by atoms with Gasteiger partial charge in [0.15, 0.2) is 0 Å². The number of carbonyl (C=O) groups excluding carboxylic acids is 1. The van der Waals surface area contributed by atoms with Crippen LogP contribution in [0.5, 0.6) is 17.2 Å². The molecule has 1 heterocycles. The fourth-order valence-corrected chi connectivity index (χ4v) is 3.43. The minimum Gasteiger partial charge on any atom is -0.494 e. The quantitative estimate of drug-likeness (QED) is 0.664. The molecule has 162 valence electrons. The van der Waals surface area contributed by atoms with Crippen molar-refractivity contribution in [3.8, 4) is 17.2 Å². The molecule has 2 aromatic carbocycles. The van der Waals surface area contributed by atoms with E-state index in [1.807, 2.05) is 49.4 Å². The zero-order valence-corrected chi connectivity index (χ0v) is 18.5. The van der Waals surface area contributed by atoms with Gasteiger partial charge in [-0.3, -0.25) is 4.79 Å². The number of carbonyl (C=O) groups is 1. The van der Waals surface area contributed by atoms with Crippen LogP contribution in [0.4, 0.5) is 5.69 Å². The number of hydrogen-bond donors (Lipinski definition) is 1. The van der Waals surface area contributed by atoms with Crippen LogP contribution in [0.2, 0.25) is 0 Å². The van der Waals surface area contributed by atoms with Crippen molar-refractivity contribution < 1.29 is 19.0 Å². The molecule has 1 aliphatic heterocycles. The summed E-state index contributed by atoms with van der Waals surface area (Å²) in [6.45, 7) is 9.25. The SMILES string of the molecule is CCC(C)Oc1ccc(N2CC(Oc3ccc([C@H](C)NC(C)=O)cc3)C2)c(OC)c1. The number of benzene rings is 2. The van der Waals surface area contributed by atoms with E-state index in [-0.39, 0.29) is 24.2 Å². The van der Waals surface area contributed by atoms with Crippen LogP contribution in [0, 0.1) is 0 Å². The molecule has 1 fully saturated rings. The van der Waals surface area contributed by atoms with Gasteiger partial charge in [0.05, 0.1) is 38.0 Å². The van der Waals surface area contributed by atoms with Gasteiger partial charge in [0, 0.05) is 13.0 Å². The molecular weight excluding hydrogens is 380 g/mol. The summed E-state index contributed by atoms with van der Waals surface area (Å²) in [5.74, 6) is 2.44. The van der Waals surface area contributed by atoms with Crippen LogP contribution in [-0.2, 0) is 4.79 Å². The first-order valence-electron chi connectivity index (χ1n) is 10.5. The lowest BCUT2D eigenvalue weighted by atomic mass is 10.1. The zero-order valence-electron chi connectivity index (χ0n) is 18.5. The molecule has 3 rings (SSSR count). The number of rotatable bonds is 9. The number of hydrogen-bond acceptors (Lipinski definition) is 5. The number of nitrogens with zero attached hydrogens (tertiary/aromatic N) is 1. The lowest BCUT2D eigenvalue weighted by Gasteiger charge is -2.41. The number of nitrogens with one attached hydrogen (secondary N) is 1. The van der Waals surface area contributed by atoms with Gasteiger partial charge >= 0.3 is 0 Å². The van der Waals surface area contributed by atoms with Crippen LogP contribution in [0.15, 0.2) is 42.5 Å². The van der Waals surface area contributed by atoms with Crippen LogP contribution in [0.3, 0.4) is 0 Å². The molecule has 1 amide bonds. The summed E-state index contributed by atoms with van der Waals surface area (Å²) in [5, 5.41) is 2.89. The standard InChI is InChI=1S/C24H32N2O4/c1-6-16(2)29-21-11-12-23(24(13-21)28-5)26-14-22(15-26)30-20-9-7-19(8-10-20)17(3)25-18(4)27/h7-13,16-17,22H,6,14-15H2,1-5H3,(H,25,27)/t16?,17-/m0/s1. The van der Waals surface area contributed by atoms with E-state index in [9.17, 15) is 4.79 Å². The summed E-state index contributed by atoms with van der Waals surface area (Å²) in [5.41, 5.74) is 2.10. The summed E-state index contributed by atoms with van der Waals surface area (Å²) < 4.78 is 17.6. The van der Waals surface area contributed by atoms with Crippen molar-refractivity contribution in [3.63, 3.8) is 0 Å². The number of anilines is 1. The van der Waals surface area contributed by atoms with Crippen LogP contribution >= 0.6 is 0 Å². The molecule has 6 heteroatoms. The van der Waals surface area contributed by atoms with Crippen molar-refractivity contribution >= 4 is 11.6 Å². The second-order valence-electron chi connectivity index (χ2n) is 7.81. The van der Waals surface area contributed by atoms with Gasteiger partial charge in [-0.1, -0.05) is 19.1 Å². The Bertz CT molecular complexity index is 847. The Morgan fingerprint density at radius 3 is 2.40 bits per heavy atom. The first-order chi connectivity index (χ1) is 14.4. The van der Waals surface area contributed by atoms with Gasteiger partial charge in [-0.25, -0.2) is 0 Å². The van der Waals surface area contributed by atoms with E-state index in [1.54, 1.807) is 7.11 Å². The van der Waals surface area contributed by atoms with E-state index < -0.39 is 0 Å². The third kappa shape index (κ3) is 5.38. The smallest absolute Gasteiger partial charge is 0.217 e. The molecule has 2 atom stereocenters. The second-order valence-corrected chi connectivity index (χ2v) is 7.81. The van der Waals surface area contributed by atoms with Crippen LogP contribution < -0.4 is 24.4 Å². The minimum atomic E-state index is -0.0349. The Hall–Kier alpha value is -2.89. The molecule has 1 aliphatic rings. The van der Waals surface area contributed by atoms with E-state index in [4.69, 9.17) is 14.2 Å². The summed E-state index contributed by atoms with van der Waals surface area (Å²) in [7, 11) is 1.68. The van der Waals surface area contributed by atoms with Crippen molar-refractivity contribution in [2.24, 2.45) is 0 Å². The first-order valence-corrected chi connectivity index (χ1v) is 10.5. The van der Waals surface area contributed by atoms with Gasteiger partial charge in [0.1, 0.15) is 23.4 Å². The maximum absolute atomic E-state index is 11.2. The maximum atomic E-state index is 11.2. The largest absolute Gasteiger partial charge is 0.494 e. The average Bonchev–Trinajstić information content (AvgIpc) is 2.70. The molecule has 0 spiro atoms. The molecule has 0 bridgehead atoms. The Kier molecular flexibility index (Phi) is 7.08. The predicted octanol–water partition coefficient (Wildman–Crippen LogP) is 4.34. The van der Waals surface area contributed by atoms with Crippen molar-refractivity contribution in [2.45, 2.75) is 52.4 Å². The molecule has 0 aliphatic carbocycles. The number of amides is 1. The van der Waals surface area contributed by atoms with Gasteiger partial charge in [-0.15, -0.1) is 0 Å². The van der Waals surface area contributed by atoms with Crippen molar-refractivity contribution in [3.05, 3.63) is 48.0 Å². The zero-order chi connectivity index (χ0) is 21.7. The normalized spacial score (nSPS) is 15.7. The fourth-order valence-electron chi connectivity index (χ4n) is 3.43. The molecule has 30 heavy (non-hydrogen) atoms. The highest BCUT2D eigenvalue weighted by Gasteiger charge is 2.30. The molecule has 0 aromatic heterocycles. The van der Waals surface area contributed by atoms with Crippen LogP contribution in [0.1, 0.15) is 45.7 Å². The van der Waals surface area contributed by atoms with E-state index in [2.05, 4.69) is 24.1 Å². The molecule has 1 N–H and O–H groups in total. The number of methoxy groups -OCH3 is 1. The lowest BCUT2D eigenvalue weighted by molar-refractivity contribution is -0.119. The number of ether oxygens (including phenoxy) is 3. The fraction of sp³-hybridized carbons (Fsp3) is 0.458. The van der Waals surface area contributed by atoms with Gasteiger partial charge in [0.25, 0.3) is 0 Å². The summed E-state index contributed by atoms with van der Waals surface area (Å²) >= 11 is 0. The Morgan fingerprint density at radius 1 is 1.13 bits per heavy atom. The first kappa shape index (κ1) is 21.8. The van der Waals surface area contributed by atoms with Crippen molar-refractivity contribution in [1.29, 1.82) is 0 Å². The predicted molar refractivity (Wildman–Crippen MR) is 119 cm³/mol. The topological polar surface area (TPSA) is 60.0 Å². The van der Waals surface area contributed by atoms with Gasteiger partial charge in [-0.2, -0.15) is 0 Å². The monoisotopic (exact) mass is 412 g/mol.